The fourth-order valence-electron chi connectivity index (χ4n) is 1.73. The number of benzene rings is 1. The first-order chi connectivity index (χ1) is 8.59. The van der Waals surface area contributed by atoms with Crippen LogP contribution in [0.5, 0.6) is 0 Å². The van der Waals surface area contributed by atoms with Crippen molar-refractivity contribution in [2.45, 2.75) is 20.0 Å². The second-order valence-electron chi connectivity index (χ2n) is 4.15. The Balaban J connectivity index is 2.37. The van der Waals surface area contributed by atoms with Crippen molar-refractivity contribution in [1.82, 2.24) is 4.98 Å². The van der Waals surface area contributed by atoms with Gasteiger partial charge >= 0.3 is 0 Å². The van der Waals surface area contributed by atoms with Gasteiger partial charge in [0, 0.05) is 22.5 Å². The number of anilines is 2. The lowest BCUT2D eigenvalue weighted by Gasteiger charge is -2.14. The number of aliphatic hydroxyl groups excluding tert-OH is 1. The van der Waals surface area contributed by atoms with Gasteiger partial charge in [0.1, 0.15) is 5.82 Å². The summed E-state index contributed by atoms with van der Waals surface area (Å²) < 4.78 is 0. The minimum Gasteiger partial charge on any atom is -0.389 e. The monoisotopic (exact) mass is 262 g/mol. The van der Waals surface area contributed by atoms with Crippen LogP contribution in [0.25, 0.3) is 0 Å². The van der Waals surface area contributed by atoms with Gasteiger partial charge in [-0.1, -0.05) is 23.7 Å². The lowest BCUT2D eigenvalue weighted by Crippen LogP contribution is -2.02. The van der Waals surface area contributed by atoms with E-state index in [4.69, 9.17) is 11.6 Å². The zero-order chi connectivity index (χ0) is 13.1. The number of hydrogen-bond acceptors (Lipinski definition) is 3. The summed E-state index contributed by atoms with van der Waals surface area (Å²) in [6.45, 7) is 3.66. The molecule has 0 spiro atoms. The fourth-order valence-corrected chi connectivity index (χ4v) is 1.90. The van der Waals surface area contributed by atoms with Gasteiger partial charge in [-0.3, -0.25) is 0 Å². The molecular formula is C14H15ClN2O. The van der Waals surface area contributed by atoms with Gasteiger partial charge in [0.25, 0.3) is 0 Å². The summed E-state index contributed by atoms with van der Waals surface area (Å²) >= 11 is 6.07. The van der Waals surface area contributed by atoms with Gasteiger partial charge in [-0.05, 0) is 37.6 Å². The molecule has 1 aromatic carbocycles. The Hall–Kier alpha value is -1.58. The molecule has 3 nitrogen and oxygen atoms in total. The number of nitrogens with one attached hydrogen (secondary N) is 1. The highest BCUT2D eigenvalue weighted by molar-refractivity contribution is 6.31. The molecular weight excluding hydrogens is 248 g/mol. The molecule has 0 amide bonds. The maximum Gasteiger partial charge on any atom is 0.136 e. The van der Waals surface area contributed by atoms with E-state index in [1.165, 1.54) is 0 Å². The molecule has 1 aromatic heterocycles. The van der Waals surface area contributed by atoms with Crippen LogP contribution in [0.1, 0.15) is 24.2 Å². The summed E-state index contributed by atoms with van der Waals surface area (Å²) in [5, 5.41) is 13.6. The SMILES string of the molecule is Cc1c(Cl)cccc1Nc1ncccc1C(C)O. The maximum absolute atomic E-state index is 9.70. The highest BCUT2D eigenvalue weighted by Crippen LogP contribution is 2.28. The van der Waals surface area contributed by atoms with Gasteiger partial charge in [-0.15, -0.1) is 0 Å². The van der Waals surface area contributed by atoms with Crippen molar-refractivity contribution < 1.29 is 5.11 Å². The Morgan fingerprint density at radius 1 is 1.28 bits per heavy atom. The molecule has 0 radical (unpaired) electrons. The van der Waals surface area contributed by atoms with Crippen molar-refractivity contribution in [3.05, 3.63) is 52.7 Å². The first-order valence-corrected chi connectivity index (χ1v) is 6.12. The van der Waals surface area contributed by atoms with Crippen LogP contribution >= 0.6 is 11.6 Å². The van der Waals surface area contributed by atoms with Crippen molar-refractivity contribution in [3.63, 3.8) is 0 Å². The van der Waals surface area contributed by atoms with Crippen LogP contribution in [0.2, 0.25) is 5.02 Å². The van der Waals surface area contributed by atoms with Crippen LogP contribution in [0.4, 0.5) is 11.5 Å². The molecule has 18 heavy (non-hydrogen) atoms. The van der Waals surface area contributed by atoms with E-state index in [1.807, 2.05) is 31.2 Å². The molecule has 0 aliphatic heterocycles. The predicted molar refractivity (Wildman–Crippen MR) is 74.3 cm³/mol. The fraction of sp³-hybridized carbons (Fsp3) is 0.214. The zero-order valence-electron chi connectivity index (χ0n) is 10.3. The summed E-state index contributed by atoms with van der Waals surface area (Å²) in [4.78, 5) is 4.25. The number of halogens is 1. The molecule has 0 fully saturated rings. The van der Waals surface area contributed by atoms with Gasteiger partial charge in [0.2, 0.25) is 0 Å². The quantitative estimate of drug-likeness (QED) is 0.883. The largest absolute Gasteiger partial charge is 0.389 e. The van der Waals surface area contributed by atoms with Crippen molar-refractivity contribution in [2.24, 2.45) is 0 Å². The summed E-state index contributed by atoms with van der Waals surface area (Å²) in [5.74, 6) is 0.651. The number of aromatic nitrogens is 1. The molecule has 1 unspecified atom stereocenters. The molecule has 0 saturated heterocycles. The average Bonchev–Trinajstić information content (AvgIpc) is 2.35. The van der Waals surface area contributed by atoms with Gasteiger partial charge in [0.05, 0.1) is 6.10 Å². The van der Waals surface area contributed by atoms with E-state index in [0.29, 0.717) is 10.8 Å². The minimum atomic E-state index is -0.569. The third-order valence-electron chi connectivity index (χ3n) is 2.81. The molecule has 0 aliphatic rings. The summed E-state index contributed by atoms with van der Waals surface area (Å²) in [6.07, 6.45) is 1.12. The Morgan fingerprint density at radius 2 is 2.06 bits per heavy atom. The highest BCUT2D eigenvalue weighted by atomic mass is 35.5. The molecule has 1 atom stereocenters. The molecule has 2 aromatic rings. The maximum atomic E-state index is 9.70. The third-order valence-corrected chi connectivity index (χ3v) is 3.22. The van der Waals surface area contributed by atoms with E-state index in [-0.39, 0.29) is 0 Å². The van der Waals surface area contributed by atoms with Crippen LogP contribution in [-0.2, 0) is 0 Å². The second kappa shape index (κ2) is 5.38. The van der Waals surface area contributed by atoms with Crippen LogP contribution in [-0.4, -0.2) is 10.1 Å². The van der Waals surface area contributed by atoms with Gasteiger partial charge in [-0.2, -0.15) is 0 Å². The highest BCUT2D eigenvalue weighted by Gasteiger charge is 2.10. The Labute approximate surface area is 111 Å². The van der Waals surface area contributed by atoms with Gasteiger partial charge < -0.3 is 10.4 Å². The van der Waals surface area contributed by atoms with E-state index in [0.717, 1.165) is 16.8 Å². The normalized spacial score (nSPS) is 12.2. The number of pyridine rings is 1. The number of aliphatic hydroxyl groups is 1. The molecule has 2 N–H and O–H groups in total. The molecule has 1 heterocycles. The predicted octanol–water partition coefficient (Wildman–Crippen LogP) is 3.84. The van der Waals surface area contributed by atoms with Crippen molar-refractivity contribution in [2.75, 3.05) is 5.32 Å². The second-order valence-corrected chi connectivity index (χ2v) is 4.56. The van der Waals surface area contributed by atoms with Gasteiger partial charge in [-0.25, -0.2) is 4.98 Å². The summed E-state index contributed by atoms with van der Waals surface area (Å²) in [7, 11) is 0. The standard InChI is InChI=1S/C14H15ClN2O/c1-9-12(15)6-3-7-13(9)17-14-11(10(2)18)5-4-8-16-14/h3-8,10,18H,1-2H3,(H,16,17). The smallest absolute Gasteiger partial charge is 0.136 e. The molecule has 2 rings (SSSR count). The van der Waals surface area contributed by atoms with Crippen LogP contribution in [0.3, 0.4) is 0 Å². The molecule has 0 saturated carbocycles. The van der Waals surface area contributed by atoms with Crippen molar-refractivity contribution >= 4 is 23.1 Å². The average molecular weight is 263 g/mol. The summed E-state index contributed by atoms with van der Waals surface area (Å²) in [6, 6.07) is 9.30. The number of hydrogen-bond donors (Lipinski definition) is 2. The van der Waals surface area contributed by atoms with Crippen molar-refractivity contribution in [1.29, 1.82) is 0 Å². The van der Waals surface area contributed by atoms with Crippen LogP contribution in [0.15, 0.2) is 36.5 Å². The molecule has 0 aliphatic carbocycles. The zero-order valence-corrected chi connectivity index (χ0v) is 11.1. The molecule has 4 heteroatoms. The lowest BCUT2D eigenvalue weighted by molar-refractivity contribution is 0.199. The van der Waals surface area contributed by atoms with Crippen LogP contribution < -0.4 is 5.32 Å². The van der Waals surface area contributed by atoms with E-state index < -0.39 is 6.10 Å². The Kier molecular flexibility index (Phi) is 3.84. The Bertz CT molecular complexity index is 555. The van der Waals surface area contributed by atoms with Crippen molar-refractivity contribution in [3.8, 4) is 0 Å². The van der Waals surface area contributed by atoms with E-state index in [2.05, 4.69) is 10.3 Å². The topological polar surface area (TPSA) is 45.2 Å². The van der Waals surface area contributed by atoms with Crippen LogP contribution in [0, 0.1) is 6.92 Å². The van der Waals surface area contributed by atoms with E-state index in [9.17, 15) is 5.11 Å². The molecule has 0 bridgehead atoms. The Morgan fingerprint density at radius 3 is 2.78 bits per heavy atom. The summed E-state index contributed by atoms with van der Waals surface area (Å²) in [5.41, 5.74) is 2.61. The van der Waals surface area contributed by atoms with E-state index in [1.54, 1.807) is 19.2 Å². The minimum absolute atomic E-state index is 0.569. The van der Waals surface area contributed by atoms with Gasteiger partial charge in [0.15, 0.2) is 0 Å². The first kappa shape index (κ1) is 12.9. The number of rotatable bonds is 3. The van der Waals surface area contributed by atoms with E-state index >= 15 is 0 Å². The number of nitrogens with zero attached hydrogens (tertiary/aromatic N) is 1. The third kappa shape index (κ3) is 2.63. The lowest BCUT2D eigenvalue weighted by atomic mass is 10.1. The molecule has 94 valence electrons. The first-order valence-electron chi connectivity index (χ1n) is 5.74.